The van der Waals surface area contributed by atoms with Crippen molar-refractivity contribution in [1.82, 2.24) is 0 Å². The first kappa shape index (κ1) is 16.6. The summed E-state index contributed by atoms with van der Waals surface area (Å²) in [5.41, 5.74) is 0. The third kappa shape index (κ3) is 15.6. The lowest BCUT2D eigenvalue weighted by Gasteiger charge is -2.12. The number of unbranched alkanes of at least 4 members (excludes halogenated alkanes) is 7. The summed E-state index contributed by atoms with van der Waals surface area (Å²) in [5, 5.41) is 8.46. The molecule has 0 saturated heterocycles. The van der Waals surface area contributed by atoms with Gasteiger partial charge in [-0.25, -0.2) is 0 Å². The molecule has 102 valence electrons. The molecule has 0 aliphatic heterocycles. The monoisotopic (exact) mass is 260 g/mol. The molecule has 0 aromatic carbocycles. The Labute approximate surface area is 106 Å². The second-order valence-corrected chi connectivity index (χ2v) is 9.66. The van der Waals surface area contributed by atoms with Crippen LogP contribution < -0.4 is 0 Å². The number of hydrogen-bond donors (Lipinski definition) is 2. The highest BCUT2D eigenvalue weighted by atomic mass is 28.4. The van der Waals surface area contributed by atoms with Gasteiger partial charge in [0.15, 0.2) is 8.32 Å². The van der Waals surface area contributed by atoms with Gasteiger partial charge in [0.1, 0.15) is 0 Å². The second kappa shape index (κ2) is 9.65. The van der Waals surface area contributed by atoms with Crippen LogP contribution in [0.2, 0.25) is 19.1 Å². The standard InChI is InChI=1S/C13H28O3Si/c1-17(2,16)12-10-8-6-4-3-5-7-9-11-13(14)15/h16H,3-12H2,1-2H3,(H,14,15). The van der Waals surface area contributed by atoms with Crippen molar-refractivity contribution in [2.45, 2.75) is 76.9 Å². The van der Waals surface area contributed by atoms with Gasteiger partial charge in [-0.1, -0.05) is 44.9 Å². The van der Waals surface area contributed by atoms with Gasteiger partial charge in [0.05, 0.1) is 0 Å². The summed E-state index contributed by atoms with van der Waals surface area (Å²) in [7, 11) is -1.81. The van der Waals surface area contributed by atoms with E-state index in [2.05, 4.69) is 0 Å². The normalized spacial score (nSPS) is 11.7. The van der Waals surface area contributed by atoms with Gasteiger partial charge in [0.25, 0.3) is 0 Å². The molecule has 0 heterocycles. The summed E-state index contributed by atoms with van der Waals surface area (Å²) in [4.78, 5) is 19.9. The minimum atomic E-state index is -1.81. The zero-order valence-electron chi connectivity index (χ0n) is 11.4. The number of carboxylic acid groups (broad SMARTS) is 1. The molecule has 0 amide bonds. The molecule has 0 spiro atoms. The van der Waals surface area contributed by atoms with E-state index in [0.717, 1.165) is 31.7 Å². The van der Waals surface area contributed by atoms with Crippen molar-refractivity contribution >= 4 is 14.3 Å². The molecule has 0 fully saturated rings. The fraction of sp³-hybridized carbons (Fsp3) is 0.923. The maximum atomic E-state index is 10.3. The van der Waals surface area contributed by atoms with Gasteiger partial charge in [-0.05, 0) is 25.6 Å². The van der Waals surface area contributed by atoms with Gasteiger partial charge < -0.3 is 9.90 Å². The summed E-state index contributed by atoms with van der Waals surface area (Å²) in [6, 6.07) is 1.02. The van der Waals surface area contributed by atoms with Crippen LogP contribution in [0, 0.1) is 0 Å². The molecule has 0 unspecified atom stereocenters. The Hall–Kier alpha value is -0.353. The minimum Gasteiger partial charge on any atom is -0.481 e. The van der Waals surface area contributed by atoms with Crippen LogP contribution in [0.3, 0.4) is 0 Å². The van der Waals surface area contributed by atoms with E-state index >= 15 is 0 Å². The first-order valence-electron chi connectivity index (χ1n) is 6.86. The van der Waals surface area contributed by atoms with Crippen molar-refractivity contribution in [3.8, 4) is 0 Å². The highest BCUT2D eigenvalue weighted by Crippen LogP contribution is 2.14. The fourth-order valence-electron chi connectivity index (χ4n) is 1.89. The molecular formula is C13H28O3Si. The molecule has 2 N–H and O–H groups in total. The third-order valence-electron chi connectivity index (χ3n) is 2.93. The summed E-state index contributed by atoms with van der Waals surface area (Å²) in [6.07, 6.45) is 9.45. The van der Waals surface area contributed by atoms with E-state index in [-0.39, 0.29) is 0 Å². The van der Waals surface area contributed by atoms with Gasteiger partial charge in [0, 0.05) is 6.42 Å². The average molecular weight is 260 g/mol. The van der Waals surface area contributed by atoms with Crippen molar-refractivity contribution in [2.75, 3.05) is 0 Å². The van der Waals surface area contributed by atoms with Crippen LogP contribution >= 0.6 is 0 Å². The van der Waals surface area contributed by atoms with Crippen LogP contribution in [-0.2, 0) is 4.79 Å². The molecule has 0 saturated carbocycles. The molecule has 0 atom stereocenters. The van der Waals surface area contributed by atoms with Crippen molar-refractivity contribution in [3.05, 3.63) is 0 Å². The first-order chi connectivity index (χ1) is 7.92. The van der Waals surface area contributed by atoms with Crippen molar-refractivity contribution < 1.29 is 14.7 Å². The van der Waals surface area contributed by atoms with Crippen molar-refractivity contribution in [1.29, 1.82) is 0 Å². The van der Waals surface area contributed by atoms with E-state index in [1.54, 1.807) is 0 Å². The van der Waals surface area contributed by atoms with E-state index in [4.69, 9.17) is 5.11 Å². The topological polar surface area (TPSA) is 57.5 Å². The molecule has 0 aliphatic rings. The van der Waals surface area contributed by atoms with Crippen LogP contribution in [0.1, 0.15) is 57.8 Å². The highest BCUT2D eigenvalue weighted by Gasteiger charge is 2.14. The highest BCUT2D eigenvalue weighted by molar-refractivity contribution is 6.69. The summed E-state index contributed by atoms with van der Waals surface area (Å²) in [5.74, 6) is -0.680. The van der Waals surface area contributed by atoms with E-state index in [0.29, 0.717) is 6.42 Å². The Balaban J connectivity index is 3.06. The number of aliphatic carboxylic acids is 1. The third-order valence-corrected chi connectivity index (χ3v) is 4.51. The Morgan fingerprint density at radius 3 is 1.71 bits per heavy atom. The smallest absolute Gasteiger partial charge is 0.303 e. The van der Waals surface area contributed by atoms with Crippen LogP contribution in [0.25, 0.3) is 0 Å². The zero-order valence-corrected chi connectivity index (χ0v) is 12.4. The van der Waals surface area contributed by atoms with Gasteiger partial charge in [0.2, 0.25) is 0 Å². The van der Waals surface area contributed by atoms with Crippen molar-refractivity contribution in [2.24, 2.45) is 0 Å². The molecule has 17 heavy (non-hydrogen) atoms. The predicted molar refractivity (Wildman–Crippen MR) is 73.7 cm³/mol. The Morgan fingerprint density at radius 1 is 0.882 bits per heavy atom. The Kier molecular flexibility index (Phi) is 9.45. The van der Waals surface area contributed by atoms with Crippen LogP contribution in [0.5, 0.6) is 0 Å². The molecule has 0 aromatic rings. The van der Waals surface area contributed by atoms with E-state index in [1.165, 1.54) is 25.7 Å². The largest absolute Gasteiger partial charge is 0.481 e. The fourth-order valence-corrected chi connectivity index (χ4v) is 3.01. The van der Waals surface area contributed by atoms with Crippen molar-refractivity contribution in [3.63, 3.8) is 0 Å². The molecule has 0 aromatic heterocycles. The van der Waals surface area contributed by atoms with E-state index < -0.39 is 14.3 Å². The molecule has 0 aliphatic carbocycles. The SMILES string of the molecule is C[Si](C)(O)CCCCCCCCCCC(=O)O. The maximum Gasteiger partial charge on any atom is 0.303 e. The van der Waals surface area contributed by atoms with Gasteiger partial charge >= 0.3 is 5.97 Å². The van der Waals surface area contributed by atoms with Crippen LogP contribution in [0.15, 0.2) is 0 Å². The summed E-state index contributed by atoms with van der Waals surface area (Å²) >= 11 is 0. The van der Waals surface area contributed by atoms with E-state index in [1.807, 2.05) is 13.1 Å². The number of rotatable bonds is 11. The van der Waals surface area contributed by atoms with Gasteiger partial charge in [-0.2, -0.15) is 0 Å². The van der Waals surface area contributed by atoms with Gasteiger partial charge in [-0.3, -0.25) is 4.79 Å². The lowest BCUT2D eigenvalue weighted by molar-refractivity contribution is -0.137. The van der Waals surface area contributed by atoms with E-state index in [9.17, 15) is 9.59 Å². The lowest BCUT2D eigenvalue weighted by Crippen LogP contribution is -2.23. The molecule has 0 rings (SSSR count). The number of carboxylic acids is 1. The number of carbonyl (C=O) groups is 1. The Morgan fingerprint density at radius 2 is 1.29 bits per heavy atom. The molecule has 0 bridgehead atoms. The molecule has 4 heteroatoms. The average Bonchev–Trinajstić information content (AvgIpc) is 2.18. The second-order valence-electron chi connectivity index (χ2n) is 5.53. The zero-order chi connectivity index (χ0) is 13.1. The van der Waals surface area contributed by atoms with Crippen LogP contribution in [0.4, 0.5) is 0 Å². The number of hydrogen-bond acceptors (Lipinski definition) is 2. The summed E-state index contributed by atoms with van der Waals surface area (Å²) in [6.45, 7) is 3.99. The van der Waals surface area contributed by atoms with Gasteiger partial charge in [-0.15, -0.1) is 0 Å². The Bertz CT molecular complexity index is 199. The predicted octanol–water partition coefficient (Wildman–Crippen LogP) is 3.78. The molecule has 0 radical (unpaired) electrons. The molecular weight excluding hydrogens is 232 g/mol. The molecule has 3 nitrogen and oxygen atoms in total. The van der Waals surface area contributed by atoms with Crippen LogP contribution in [-0.4, -0.2) is 24.2 Å². The summed E-state index contributed by atoms with van der Waals surface area (Å²) < 4.78 is 0. The lowest BCUT2D eigenvalue weighted by atomic mass is 10.1. The minimum absolute atomic E-state index is 0.316. The first-order valence-corrected chi connectivity index (χ1v) is 10.0. The maximum absolute atomic E-state index is 10.3. The quantitative estimate of drug-likeness (QED) is 0.439.